The molecule has 2 rings (SSSR count). The zero-order chi connectivity index (χ0) is 11.8. The lowest BCUT2D eigenvalue weighted by atomic mass is 9.80. The summed E-state index contributed by atoms with van der Waals surface area (Å²) >= 11 is 0. The van der Waals surface area contributed by atoms with Crippen LogP contribution in [0, 0.1) is 5.41 Å². The molecule has 1 unspecified atom stereocenters. The van der Waals surface area contributed by atoms with Crippen molar-refractivity contribution in [2.45, 2.75) is 38.7 Å². The maximum atomic E-state index is 10.4. The fourth-order valence-electron chi connectivity index (χ4n) is 2.06. The Kier molecular flexibility index (Phi) is 3.04. The van der Waals surface area contributed by atoms with E-state index in [0.29, 0.717) is 12.5 Å². The van der Waals surface area contributed by atoms with E-state index >= 15 is 0 Å². The average molecular weight is 219 g/mol. The molecule has 1 fully saturated rings. The number of rotatable bonds is 4. The molecule has 0 bridgehead atoms. The smallest absolute Gasteiger partial charge is 0.0855 e. The number of hydrogen-bond acceptors (Lipinski definition) is 2. The largest absolute Gasteiger partial charge is 0.388 e. The maximum Gasteiger partial charge on any atom is 0.0855 e. The molecule has 1 atom stereocenters. The maximum absolute atomic E-state index is 10.4. The topological polar surface area (TPSA) is 46.2 Å². The minimum atomic E-state index is -0.464. The van der Waals surface area contributed by atoms with Gasteiger partial charge >= 0.3 is 0 Å². The molecule has 1 aliphatic carbocycles. The number of aliphatic hydroxyl groups excluding tert-OH is 1. The van der Waals surface area contributed by atoms with Crippen LogP contribution in [-0.4, -0.2) is 11.7 Å². The third-order valence-corrected chi connectivity index (χ3v) is 3.57. The fourth-order valence-corrected chi connectivity index (χ4v) is 2.06. The molecule has 0 radical (unpaired) electrons. The van der Waals surface area contributed by atoms with Crippen molar-refractivity contribution < 1.29 is 5.11 Å². The molecule has 88 valence electrons. The Balaban J connectivity index is 2.32. The molecule has 0 saturated heterocycles. The van der Waals surface area contributed by atoms with Crippen molar-refractivity contribution in [2.75, 3.05) is 6.54 Å². The normalized spacial score (nSPS) is 18.5. The Morgan fingerprint density at radius 2 is 2.00 bits per heavy atom. The first-order valence-electron chi connectivity index (χ1n) is 6.03. The molecule has 16 heavy (non-hydrogen) atoms. The molecule has 2 nitrogen and oxygen atoms in total. The van der Waals surface area contributed by atoms with Crippen LogP contribution in [-0.2, 0) is 0 Å². The van der Waals surface area contributed by atoms with Crippen molar-refractivity contribution in [3.05, 3.63) is 35.4 Å². The van der Waals surface area contributed by atoms with Gasteiger partial charge in [-0.1, -0.05) is 38.1 Å². The Labute approximate surface area is 97.5 Å². The SMILES string of the molecule is CC(C)(CN)C(O)c1ccccc1C1CC1. The first kappa shape index (κ1) is 11.6. The van der Waals surface area contributed by atoms with Crippen LogP contribution in [0.4, 0.5) is 0 Å². The molecule has 0 heterocycles. The summed E-state index contributed by atoms with van der Waals surface area (Å²) in [5, 5.41) is 10.4. The van der Waals surface area contributed by atoms with E-state index in [1.807, 2.05) is 26.0 Å². The van der Waals surface area contributed by atoms with E-state index in [4.69, 9.17) is 5.73 Å². The van der Waals surface area contributed by atoms with Crippen LogP contribution in [0.3, 0.4) is 0 Å². The predicted octanol–water partition coefficient (Wildman–Crippen LogP) is 2.58. The van der Waals surface area contributed by atoms with Gasteiger partial charge < -0.3 is 10.8 Å². The molecular weight excluding hydrogens is 198 g/mol. The molecule has 1 aromatic rings. The lowest BCUT2D eigenvalue weighted by Gasteiger charge is -2.30. The Bertz CT molecular complexity index is 369. The molecule has 0 aliphatic heterocycles. The van der Waals surface area contributed by atoms with Gasteiger partial charge in [-0.05, 0) is 29.9 Å². The second kappa shape index (κ2) is 4.19. The van der Waals surface area contributed by atoms with Crippen LogP contribution in [0.1, 0.15) is 49.8 Å². The van der Waals surface area contributed by atoms with Gasteiger partial charge in [-0.3, -0.25) is 0 Å². The van der Waals surface area contributed by atoms with Crippen molar-refractivity contribution in [3.8, 4) is 0 Å². The van der Waals surface area contributed by atoms with Crippen LogP contribution in [0.2, 0.25) is 0 Å². The van der Waals surface area contributed by atoms with Gasteiger partial charge in [-0.2, -0.15) is 0 Å². The van der Waals surface area contributed by atoms with E-state index < -0.39 is 6.10 Å². The number of aliphatic hydroxyl groups is 1. The van der Waals surface area contributed by atoms with Gasteiger partial charge in [0.25, 0.3) is 0 Å². The first-order valence-corrected chi connectivity index (χ1v) is 6.03. The van der Waals surface area contributed by atoms with Crippen molar-refractivity contribution >= 4 is 0 Å². The third kappa shape index (κ3) is 2.13. The summed E-state index contributed by atoms with van der Waals surface area (Å²) in [6.07, 6.45) is 2.05. The zero-order valence-corrected chi connectivity index (χ0v) is 10.1. The van der Waals surface area contributed by atoms with Crippen molar-refractivity contribution in [3.63, 3.8) is 0 Å². The summed E-state index contributed by atoms with van der Waals surface area (Å²) in [7, 11) is 0. The van der Waals surface area contributed by atoms with Crippen LogP contribution in [0.25, 0.3) is 0 Å². The van der Waals surface area contributed by atoms with E-state index in [9.17, 15) is 5.11 Å². The molecule has 0 amide bonds. The van der Waals surface area contributed by atoms with Gasteiger partial charge in [0.15, 0.2) is 0 Å². The minimum absolute atomic E-state index is 0.259. The van der Waals surface area contributed by atoms with E-state index in [-0.39, 0.29) is 5.41 Å². The standard InChI is InChI=1S/C14H21NO/c1-14(2,9-15)13(16)12-6-4-3-5-11(12)10-7-8-10/h3-6,10,13,16H,7-9,15H2,1-2H3. The zero-order valence-electron chi connectivity index (χ0n) is 10.1. The van der Waals surface area contributed by atoms with Crippen molar-refractivity contribution in [1.82, 2.24) is 0 Å². The van der Waals surface area contributed by atoms with Crippen LogP contribution >= 0.6 is 0 Å². The molecule has 1 aliphatic rings. The first-order chi connectivity index (χ1) is 7.56. The number of nitrogens with two attached hydrogens (primary N) is 1. The highest BCUT2D eigenvalue weighted by molar-refractivity contribution is 5.35. The van der Waals surface area contributed by atoms with Gasteiger partial charge in [0.05, 0.1) is 6.10 Å². The fraction of sp³-hybridized carbons (Fsp3) is 0.571. The Hall–Kier alpha value is -0.860. The lowest BCUT2D eigenvalue weighted by Crippen LogP contribution is -2.31. The quantitative estimate of drug-likeness (QED) is 0.817. The monoisotopic (exact) mass is 219 g/mol. The van der Waals surface area contributed by atoms with E-state index in [1.54, 1.807) is 0 Å². The molecular formula is C14H21NO. The van der Waals surface area contributed by atoms with Gasteiger partial charge in [0.1, 0.15) is 0 Å². The summed E-state index contributed by atoms with van der Waals surface area (Å²) in [5.41, 5.74) is 7.85. The highest BCUT2D eigenvalue weighted by Crippen LogP contribution is 2.45. The third-order valence-electron chi connectivity index (χ3n) is 3.57. The summed E-state index contributed by atoms with van der Waals surface area (Å²) in [4.78, 5) is 0. The Morgan fingerprint density at radius 1 is 1.38 bits per heavy atom. The van der Waals surface area contributed by atoms with Crippen LogP contribution in [0.15, 0.2) is 24.3 Å². The van der Waals surface area contributed by atoms with E-state index in [1.165, 1.54) is 18.4 Å². The molecule has 0 aromatic heterocycles. The van der Waals surface area contributed by atoms with Crippen molar-refractivity contribution in [2.24, 2.45) is 11.1 Å². The summed E-state index contributed by atoms with van der Waals surface area (Å²) in [6, 6.07) is 8.23. The van der Waals surface area contributed by atoms with Crippen molar-refractivity contribution in [1.29, 1.82) is 0 Å². The number of hydrogen-bond donors (Lipinski definition) is 2. The minimum Gasteiger partial charge on any atom is -0.388 e. The average Bonchev–Trinajstić information content (AvgIpc) is 3.12. The lowest BCUT2D eigenvalue weighted by molar-refractivity contribution is 0.0547. The summed E-state index contributed by atoms with van der Waals surface area (Å²) in [6.45, 7) is 4.52. The van der Waals surface area contributed by atoms with E-state index in [2.05, 4.69) is 12.1 Å². The van der Waals surface area contributed by atoms with Gasteiger partial charge in [-0.15, -0.1) is 0 Å². The predicted molar refractivity (Wildman–Crippen MR) is 66.2 cm³/mol. The summed E-state index contributed by atoms with van der Waals surface area (Å²) in [5.74, 6) is 0.666. The second-order valence-electron chi connectivity index (χ2n) is 5.50. The molecule has 1 aromatic carbocycles. The van der Waals surface area contributed by atoms with Crippen LogP contribution in [0.5, 0.6) is 0 Å². The van der Waals surface area contributed by atoms with Gasteiger partial charge in [0, 0.05) is 12.0 Å². The van der Waals surface area contributed by atoms with E-state index in [0.717, 1.165) is 5.56 Å². The highest BCUT2D eigenvalue weighted by Gasteiger charge is 2.33. The Morgan fingerprint density at radius 3 is 2.56 bits per heavy atom. The van der Waals surface area contributed by atoms with Gasteiger partial charge in [-0.25, -0.2) is 0 Å². The highest BCUT2D eigenvalue weighted by atomic mass is 16.3. The molecule has 0 spiro atoms. The number of benzene rings is 1. The van der Waals surface area contributed by atoms with Crippen LogP contribution < -0.4 is 5.73 Å². The molecule has 3 N–H and O–H groups in total. The van der Waals surface area contributed by atoms with Gasteiger partial charge in [0.2, 0.25) is 0 Å². The second-order valence-corrected chi connectivity index (χ2v) is 5.50. The molecule has 1 saturated carbocycles. The molecule has 2 heteroatoms. The summed E-state index contributed by atoms with van der Waals surface area (Å²) < 4.78 is 0.